The number of rotatable bonds is 7. The maximum absolute atomic E-state index is 12.0. The van der Waals surface area contributed by atoms with Gasteiger partial charge in [0.2, 0.25) is 5.62 Å². The number of halogens is 1. The van der Waals surface area contributed by atoms with E-state index in [2.05, 4.69) is 0 Å². The Labute approximate surface area is 93.1 Å². The minimum atomic E-state index is -2.14. The number of hydrogen-bond acceptors (Lipinski definition) is 4. The smallest absolute Gasteiger partial charge is 0.213 e. The predicted octanol–water partition coefficient (Wildman–Crippen LogP) is 2.84. The van der Waals surface area contributed by atoms with Gasteiger partial charge in [0.15, 0.2) is 0 Å². The molecule has 0 amide bonds. The van der Waals surface area contributed by atoms with Crippen molar-refractivity contribution in [2.24, 2.45) is 0 Å². The summed E-state index contributed by atoms with van der Waals surface area (Å²) in [5.74, 6) is 0.366. The molecule has 0 radical (unpaired) electrons. The highest BCUT2D eigenvalue weighted by atomic mass is 32.9. The Balaban J connectivity index is 4.32. The van der Waals surface area contributed by atoms with Gasteiger partial charge in [-0.05, 0) is 18.7 Å². The SMILES string of the molecule is CCOP(=S)(SCCF)N(C)C=S. The summed E-state index contributed by atoms with van der Waals surface area (Å²) in [6.07, 6.45) is 0. The van der Waals surface area contributed by atoms with Crippen LogP contribution in [0.25, 0.3) is 0 Å². The van der Waals surface area contributed by atoms with Crippen LogP contribution in [0.5, 0.6) is 0 Å². The molecule has 0 saturated carbocycles. The van der Waals surface area contributed by atoms with Gasteiger partial charge in [0.1, 0.15) is 0 Å². The van der Waals surface area contributed by atoms with Crippen molar-refractivity contribution in [2.45, 2.75) is 6.92 Å². The van der Waals surface area contributed by atoms with Gasteiger partial charge in [-0.25, -0.2) is 0 Å². The molecular formula is C6H13FNOPS3. The molecule has 0 aromatic heterocycles. The van der Waals surface area contributed by atoms with Gasteiger partial charge < -0.3 is 9.19 Å². The largest absolute Gasteiger partial charge is 0.327 e. The van der Waals surface area contributed by atoms with Crippen LogP contribution in [-0.4, -0.2) is 36.2 Å². The summed E-state index contributed by atoms with van der Waals surface area (Å²) in [5, 5.41) is 0. The van der Waals surface area contributed by atoms with Crippen LogP contribution < -0.4 is 0 Å². The Morgan fingerprint density at radius 1 is 1.69 bits per heavy atom. The Morgan fingerprint density at radius 2 is 2.31 bits per heavy atom. The third kappa shape index (κ3) is 4.70. The number of alkyl halides is 1. The molecule has 0 N–H and O–H groups in total. The van der Waals surface area contributed by atoms with Gasteiger partial charge in [-0.3, -0.25) is 4.39 Å². The van der Waals surface area contributed by atoms with Gasteiger partial charge in [-0.2, -0.15) is 0 Å². The van der Waals surface area contributed by atoms with E-state index in [-0.39, 0.29) is 6.67 Å². The van der Waals surface area contributed by atoms with Crippen molar-refractivity contribution in [3.63, 3.8) is 0 Å². The van der Waals surface area contributed by atoms with E-state index < -0.39 is 5.62 Å². The average molecular weight is 261 g/mol. The molecule has 0 aromatic carbocycles. The molecule has 7 heteroatoms. The van der Waals surface area contributed by atoms with Crippen molar-refractivity contribution in [1.82, 2.24) is 4.67 Å². The summed E-state index contributed by atoms with van der Waals surface area (Å²) >= 11 is 11.4. The summed E-state index contributed by atoms with van der Waals surface area (Å²) in [7, 11) is 1.77. The van der Waals surface area contributed by atoms with Gasteiger partial charge in [-0.15, -0.1) is 0 Å². The van der Waals surface area contributed by atoms with Crippen molar-refractivity contribution in [3.8, 4) is 0 Å². The van der Waals surface area contributed by atoms with Gasteiger partial charge in [0, 0.05) is 12.8 Å². The molecule has 0 aliphatic rings. The minimum Gasteiger partial charge on any atom is -0.327 e. The quantitative estimate of drug-likeness (QED) is 0.514. The van der Waals surface area contributed by atoms with Crippen molar-refractivity contribution < 1.29 is 8.91 Å². The first-order valence-electron chi connectivity index (χ1n) is 3.74. The normalized spacial score (nSPS) is 15.0. The van der Waals surface area contributed by atoms with Crippen LogP contribution in [0.4, 0.5) is 4.39 Å². The number of nitrogens with zero attached hydrogens (tertiary/aromatic N) is 1. The molecular weight excluding hydrogens is 248 g/mol. The zero-order valence-electron chi connectivity index (χ0n) is 7.60. The Morgan fingerprint density at radius 3 is 2.69 bits per heavy atom. The van der Waals surface area contributed by atoms with Crippen molar-refractivity contribution in [1.29, 1.82) is 0 Å². The Hall–Kier alpha value is 0.780. The third-order valence-electron chi connectivity index (χ3n) is 1.16. The molecule has 0 aromatic rings. The summed E-state index contributed by atoms with van der Waals surface area (Å²) in [5.41, 5.74) is -0.683. The predicted molar refractivity (Wildman–Crippen MR) is 65.8 cm³/mol. The highest BCUT2D eigenvalue weighted by molar-refractivity contribution is 8.68. The monoisotopic (exact) mass is 261 g/mol. The lowest BCUT2D eigenvalue weighted by Gasteiger charge is -2.27. The van der Waals surface area contributed by atoms with Gasteiger partial charge in [-0.1, -0.05) is 23.6 Å². The molecule has 0 heterocycles. The van der Waals surface area contributed by atoms with Gasteiger partial charge >= 0.3 is 0 Å². The second kappa shape index (κ2) is 7.12. The molecule has 0 aliphatic heterocycles. The number of thiocarbonyl (C=S) groups is 1. The molecule has 2 nitrogen and oxygen atoms in total. The first-order chi connectivity index (χ1) is 6.10. The molecule has 0 fully saturated rings. The lowest BCUT2D eigenvalue weighted by molar-refractivity contribution is 0.369. The lowest BCUT2D eigenvalue weighted by atomic mass is 10.9. The van der Waals surface area contributed by atoms with E-state index in [4.69, 9.17) is 28.5 Å². The maximum Gasteiger partial charge on any atom is 0.213 e. The molecule has 1 unspecified atom stereocenters. The highest BCUT2D eigenvalue weighted by Gasteiger charge is 2.21. The first-order valence-corrected chi connectivity index (χ1v) is 8.48. The topological polar surface area (TPSA) is 12.5 Å². The fourth-order valence-corrected chi connectivity index (χ4v) is 5.78. The molecule has 78 valence electrons. The fourth-order valence-electron chi connectivity index (χ4n) is 0.590. The van der Waals surface area contributed by atoms with Crippen LogP contribution in [0.2, 0.25) is 0 Å². The molecule has 0 aliphatic carbocycles. The van der Waals surface area contributed by atoms with Gasteiger partial charge in [0.25, 0.3) is 0 Å². The second-order valence-electron chi connectivity index (χ2n) is 2.09. The molecule has 0 bridgehead atoms. The highest BCUT2D eigenvalue weighted by Crippen LogP contribution is 2.61. The van der Waals surface area contributed by atoms with Crippen LogP contribution in [0.3, 0.4) is 0 Å². The van der Waals surface area contributed by atoms with Crippen LogP contribution in [0.15, 0.2) is 0 Å². The zero-order valence-corrected chi connectivity index (χ0v) is 10.9. The lowest BCUT2D eigenvalue weighted by Crippen LogP contribution is -2.11. The van der Waals surface area contributed by atoms with E-state index in [1.54, 1.807) is 11.7 Å². The summed E-state index contributed by atoms with van der Waals surface area (Å²) in [4.78, 5) is 0. The second-order valence-corrected chi connectivity index (χ2v) is 9.23. The number of hydrogen-bond donors (Lipinski definition) is 0. The van der Waals surface area contributed by atoms with E-state index in [1.165, 1.54) is 16.9 Å². The van der Waals surface area contributed by atoms with E-state index in [9.17, 15) is 4.39 Å². The first kappa shape index (κ1) is 13.8. The summed E-state index contributed by atoms with van der Waals surface area (Å²) < 4.78 is 19.1. The Bertz CT molecular complexity index is 204. The minimum absolute atomic E-state index is 0.366. The third-order valence-corrected chi connectivity index (χ3v) is 8.42. The summed E-state index contributed by atoms with van der Waals surface area (Å²) in [6.45, 7) is 2.01. The summed E-state index contributed by atoms with van der Waals surface area (Å²) in [6, 6.07) is 0. The zero-order chi connectivity index (χ0) is 10.3. The molecule has 13 heavy (non-hydrogen) atoms. The van der Waals surface area contributed by atoms with Crippen LogP contribution in [-0.2, 0) is 16.3 Å². The fraction of sp³-hybridized carbons (Fsp3) is 0.833. The van der Waals surface area contributed by atoms with Crippen molar-refractivity contribution in [3.05, 3.63) is 0 Å². The van der Waals surface area contributed by atoms with E-state index in [0.29, 0.717) is 12.4 Å². The van der Waals surface area contributed by atoms with E-state index >= 15 is 0 Å². The van der Waals surface area contributed by atoms with Crippen molar-refractivity contribution in [2.75, 3.05) is 26.1 Å². The molecule has 0 rings (SSSR count). The molecule has 0 saturated heterocycles. The van der Waals surface area contributed by atoms with Crippen molar-refractivity contribution >= 4 is 46.5 Å². The van der Waals surface area contributed by atoms with Gasteiger partial charge in [0.05, 0.1) is 18.8 Å². The van der Waals surface area contributed by atoms with Crippen LogP contribution in [0, 0.1) is 0 Å². The Kier molecular flexibility index (Phi) is 7.55. The van der Waals surface area contributed by atoms with Crippen LogP contribution in [0.1, 0.15) is 6.92 Å². The average Bonchev–Trinajstić information content (AvgIpc) is 2.14. The maximum atomic E-state index is 12.0. The molecule has 1 atom stereocenters. The standard InChI is InChI=1S/C6H13FNOPS3/c1-3-9-10(12,8(2)6-11)13-5-4-7/h6H,3-5H2,1-2H3. The van der Waals surface area contributed by atoms with Crippen LogP contribution >= 0.6 is 29.2 Å². The van der Waals surface area contributed by atoms with E-state index in [1.807, 2.05) is 6.92 Å². The molecule has 0 spiro atoms. The van der Waals surface area contributed by atoms with E-state index in [0.717, 1.165) is 0 Å².